The van der Waals surface area contributed by atoms with E-state index >= 15 is 0 Å². The summed E-state index contributed by atoms with van der Waals surface area (Å²) < 4.78 is 32.7. The first-order chi connectivity index (χ1) is 13.8. The molecule has 6 nitrogen and oxygen atoms in total. The molecule has 0 radical (unpaired) electrons. The molecular formula is C20H22Cl2N2O4S. The Labute approximate surface area is 180 Å². The zero-order valence-corrected chi connectivity index (χ0v) is 18.2. The van der Waals surface area contributed by atoms with Crippen molar-refractivity contribution in [2.24, 2.45) is 5.92 Å². The van der Waals surface area contributed by atoms with Crippen LogP contribution in [0.3, 0.4) is 0 Å². The van der Waals surface area contributed by atoms with Gasteiger partial charge < -0.3 is 10.1 Å². The number of halogens is 2. The largest absolute Gasteiger partial charge is 0.494 e. The van der Waals surface area contributed by atoms with Gasteiger partial charge in [0.15, 0.2) is 0 Å². The van der Waals surface area contributed by atoms with E-state index in [2.05, 4.69) is 5.32 Å². The van der Waals surface area contributed by atoms with Gasteiger partial charge in [0.25, 0.3) is 0 Å². The fourth-order valence-corrected chi connectivity index (χ4v) is 5.26. The number of para-hydroxylation sites is 1. The molecule has 0 spiro atoms. The average Bonchev–Trinajstić information content (AvgIpc) is 2.71. The zero-order chi connectivity index (χ0) is 21.0. The van der Waals surface area contributed by atoms with Gasteiger partial charge in [-0.25, -0.2) is 8.42 Å². The van der Waals surface area contributed by atoms with E-state index in [4.69, 9.17) is 27.9 Å². The summed E-state index contributed by atoms with van der Waals surface area (Å²) in [5.41, 5.74) is 0.340. The Hall–Kier alpha value is -1.80. The second-order valence-electron chi connectivity index (χ2n) is 6.69. The highest BCUT2D eigenvalue weighted by Crippen LogP contribution is 2.31. The minimum absolute atomic E-state index is 0.101. The average molecular weight is 457 g/mol. The summed E-state index contributed by atoms with van der Waals surface area (Å²) in [5.74, 6) is -0.181. The van der Waals surface area contributed by atoms with Crippen LogP contribution in [0.1, 0.15) is 19.8 Å². The van der Waals surface area contributed by atoms with Crippen LogP contribution in [0.4, 0.5) is 5.69 Å². The van der Waals surface area contributed by atoms with Gasteiger partial charge in [-0.05, 0) is 56.2 Å². The van der Waals surface area contributed by atoms with Crippen molar-refractivity contribution >= 4 is 44.8 Å². The maximum atomic E-state index is 13.0. The zero-order valence-electron chi connectivity index (χ0n) is 15.9. The smallest absolute Gasteiger partial charge is 0.243 e. The van der Waals surface area contributed by atoms with Gasteiger partial charge in [-0.2, -0.15) is 4.31 Å². The van der Waals surface area contributed by atoms with E-state index in [0.717, 1.165) is 0 Å². The summed E-state index contributed by atoms with van der Waals surface area (Å²) in [6.07, 6.45) is 1.17. The standard InChI is InChI=1S/C20H22Cl2N2O4S/c1-2-28-15-8-10-16(11-9-15)29(26,27)24-12-4-5-14(13-24)20(25)23-19-17(21)6-3-7-18(19)22/h3,6-11,14H,2,4-5,12-13H2,1H3,(H,23,25)/t14-/m1/s1. The number of sulfonamides is 1. The van der Waals surface area contributed by atoms with Gasteiger partial charge in [0.1, 0.15) is 5.75 Å². The van der Waals surface area contributed by atoms with Crippen LogP contribution in [0.15, 0.2) is 47.4 Å². The topological polar surface area (TPSA) is 75.7 Å². The lowest BCUT2D eigenvalue weighted by Crippen LogP contribution is -2.43. The predicted octanol–water partition coefficient (Wildman–Crippen LogP) is 4.43. The molecule has 3 rings (SSSR count). The first-order valence-electron chi connectivity index (χ1n) is 9.31. The van der Waals surface area contributed by atoms with Gasteiger partial charge in [-0.1, -0.05) is 29.3 Å². The van der Waals surface area contributed by atoms with Gasteiger partial charge in [0.05, 0.1) is 33.2 Å². The molecule has 156 valence electrons. The highest BCUT2D eigenvalue weighted by molar-refractivity contribution is 7.89. The second-order valence-corrected chi connectivity index (χ2v) is 9.44. The van der Waals surface area contributed by atoms with Crippen LogP contribution >= 0.6 is 23.2 Å². The molecule has 1 aliphatic heterocycles. The van der Waals surface area contributed by atoms with E-state index in [1.54, 1.807) is 30.3 Å². The molecule has 29 heavy (non-hydrogen) atoms. The van der Waals surface area contributed by atoms with E-state index in [9.17, 15) is 13.2 Å². The number of benzene rings is 2. The summed E-state index contributed by atoms with van der Waals surface area (Å²) in [6, 6.07) is 11.3. The van der Waals surface area contributed by atoms with Crippen LogP contribution in [0.2, 0.25) is 10.0 Å². The number of hydrogen-bond donors (Lipinski definition) is 1. The molecule has 1 fully saturated rings. The van der Waals surface area contributed by atoms with Gasteiger partial charge in [-0.3, -0.25) is 4.79 Å². The monoisotopic (exact) mass is 456 g/mol. The van der Waals surface area contributed by atoms with Crippen molar-refractivity contribution in [1.29, 1.82) is 0 Å². The third-order valence-corrected chi connectivity index (χ3v) is 7.25. The van der Waals surface area contributed by atoms with Crippen molar-refractivity contribution in [3.05, 3.63) is 52.5 Å². The number of nitrogens with one attached hydrogen (secondary N) is 1. The molecule has 9 heteroatoms. The SMILES string of the molecule is CCOc1ccc(S(=O)(=O)N2CCC[C@@H](C(=O)Nc3c(Cl)cccc3Cl)C2)cc1. The molecule has 0 aliphatic carbocycles. The second kappa shape index (κ2) is 9.34. The molecule has 1 saturated heterocycles. The van der Waals surface area contributed by atoms with Crippen LogP contribution in [-0.4, -0.2) is 38.3 Å². The molecule has 0 saturated carbocycles. The Bertz CT molecular complexity index is 960. The van der Waals surface area contributed by atoms with Crippen molar-refractivity contribution in [3.8, 4) is 5.75 Å². The molecule has 1 N–H and O–H groups in total. The summed E-state index contributed by atoms with van der Waals surface area (Å²) in [6.45, 7) is 2.83. The van der Waals surface area contributed by atoms with Crippen LogP contribution in [0, 0.1) is 5.92 Å². The number of anilines is 1. The quantitative estimate of drug-likeness (QED) is 0.697. The lowest BCUT2D eigenvalue weighted by Gasteiger charge is -2.31. The molecule has 2 aromatic carbocycles. The number of hydrogen-bond acceptors (Lipinski definition) is 4. The third kappa shape index (κ3) is 5.04. The minimum Gasteiger partial charge on any atom is -0.494 e. The van der Waals surface area contributed by atoms with Crippen molar-refractivity contribution in [2.75, 3.05) is 25.0 Å². The van der Waals surface area contributed by atoms with Crippen LogP contribution in [-0.2, 0) is 14.8 Å². The van der Waals surface area contributed by atoms with Gasteiger partial charge >= 0.3 is 0 Å². The first-order valence-corrected chi connectivity index (χ1v) is 11.5. The lowest BCUT2D eigenvalue weighted by atomic mass is 9.98. The Morgan fingerprint density at radius 1 is 1.17 bits per heavy atom. The Kier molecular flexibility index (Phi) is 7.05. The minimum atomic E-state index is -3.70. The van der Waals surface area contributed by atoms with E-state index in [-0.39, 0.29) is 17.3 Å². The van der Waals surface area contributed by atoms with Crippen molar-refractivity contribution in [1.82, 2.24) is 4.31 Å². The van der Waals surface area contributed by atoms with E-state index in [0.29, 0.717) is 47.5 Å². The molecule has 1 aliphatic rings. The number of carbonyl (C=O) groups is 1. The normalized spacial score (nSPS) is 17.7. The maximum Gasteiger partial charge on any atom is 0.243 e. The third-order valence-electron chi connectivity index (χ3n) is 4.74. The van der Waals surface area contributed by atoms with Gasteiger partial charge in [0.2, 0.25) is 15.9 Å². The number of ether oxygens (including phenoxy) is 1. The first kappa shape index (κ1) is 21.9. The molecule has 0 aromatic heterocycles. The number of amides is 1. The molecule has 0 unspecified atom stereocenters. The van der Waals surface area contributed by atoms with E-state index < -0.39 is 15.9 Å². The Balaban J connectivity index is 1.73. The molecule has 1 atom stereocenters. The number of carbonyl (C=O) groups excluding carboxylic acids is 1. The van der Waals surface area contributed by atoms with Crippen molar-refractivity contribution in [2.45, 2.75) is 24.7 Å². The van der Waals surface area contributed by atoms with Crippen molar-refractivity contribution in [3.63, 3.8) is 0 Å². The summed E-state index contributed by atoms with van der Waals surface area (Å²) in [4.78, 5) is 12.9. The Morgan fingerprint density at radius 2 is 1.83 bits per heavy atom. The molecule has 1 amide bonds. The molecule has 1 heterocycles. The van der Waals surface area contributed by atoms with Gasteiger partial charge in [0, 0.05) is 13.1 Å². The number of rotatable bonds is 6. The van der Waals surface area contributed by atoms with Crippen LogP contribution < -0.4 is 10.1 Å². The maximum absolute atomic E-state index is 13.0. The predicted molar refractivity (Wildman–Crippen MR) is 114 cm³/mol. The van der Waals surface area contributed by atoms with Crippen molar-refractivity contribution < 1.29 is 17.9 Å². The number of nitrogens with zero attached hydrogens (tertiary/aromatic N) is 1. The van der Waals surface area contributed by atoms with Gasteiger partial charge in [-0.15, -0.1) is 0 Å². The summed E-state index contributed by atoms with van der Waals surface area (Å²) in [5, 5.41) is 3.41. The fraction of sp³-hybridized carbons (Fsp3) is 0.350. The lowest BCUT2D eigenvalue weighted by molar-refractivity contribution is -0.120. The highest BCUT2D eigenvalue weighted by Gasteiger charge is 2.33. The highest BCUT2D eigenvalue weighted by atomic mass is 35.5. The summed E-state index contributed by atoms with van der Waals surface area (Å²) >= 11 is 12.2. The molecular weight excluding hydrogens is 435 g/mol. The van der Waals surface area contributed by atoms with Crippen LogP contribution in [0.25, 0.3) is 0 Å². The van der Waals surface area contributed by atoms with E-state index in [1.807, 2.05) is 6.92 Å². The fourth-order valence-electron chi connectivity index (χ4n) is 3.24. The number of piperidine rings is 1. The van der Waals surface area contributed by atoms with E-state index in [1.165, 1.54) is 16.4 Å². The Morgan fingerprint density at radius 3 is 2.45 bits per heavy atom. The molecule has 2 aromatic rings. The van der Waals surface area contributed by atoms with Crippen LogP contribution in [0.5, 0.6) is 5.75 Å². The molecule has 0 bridgehead atoms. The summed E-state index contributed by atoms with van der Waals surface area (Å²) in [7, 11) is -3.70.